The molecule has 1 amide bonds. The Morgan fingerprint density at radius 1 is 1.03 bits per heavy atom. The van der Waals surface area contributed by atoms with Crippen LogP contribution in [0, 0.1) is 13.8 Å². The van der Waals surface area contributed by atoms with Gasteiger partial charge < -0.3 is 9.80 Å². The van der Waals surface area contributed by atoms with Gasteiger partial charge in [0.05, 0.1) is 5.69 Å². The number of nitrogens with zero attached hydrogens (tertiary/aromatic N) is 9. The largest absolute Gasteiger partial charge is 0.353 e. The van der Waals surface area contributed by atoms with Gasteiger partial charge in [0.15, 0.2) is 10.8 Å². The lowest BCUT2D eigenvalue weighted by Gasteiger charge is -2.35. The van der Waals surface area contributed by atoms with Crippen molar-refractivity contribution in [1.82, 2.24) is 39.4 Å². The monoisotopic (exact) mass is 421 g/mol. The van der Waals surface area contributed by atoms with Gasteiger partial charge in [0.2, 0.25) is 0 Å². The third-order valence-electron chi connectivity index (χ3n) is 5.00. The van der Waals surface area contributed by atoms with E-state index in [1.165, 1.54) is 17.7 Å². The lowest BCUT2D eigenvalue weighted by Crippen LogP contribution is -2.49. The van der Waals surface area contributed by atoms with E-state index in [0.717, 1.165) is 11.5 Å². The van der Waals surface area contributed by atoms with Crippen LogP contribution in [0.3, 0.4) is 0 Å². The highest BCUT2D eigenvalue weighted by molar-refractivity contribution is 7.17. The number of anilines is 1. The molecule has 0 bridgehead atoms. The quantitative estimate of drug-likeness (QED) is 0.491. The Morgan fingerprint density at radius 3 is 2.57 bits per heavy atom. The summed E-state index contributed by atoms with van der Waals surface area (Å²) in [6.07, 6.45) is 4.85. The average Bonchev–Trinajstić information content (AvgIpc) is 3.40. The van der Waals surface area contributed by atoms with Crippen molar-refractivity contribution in [3.8, 4) is 10.8 Å². The van der Waals surface area contributed by atoms with E-state index in [1.54, 1.807) is 23.0 Å². The molecule has 5 rings (SSSR count). The van der Waals surface area contributed by atoms with Crippen LogP contribution in [0.1, 0.15) is 21.1 Å². The van der Waals surface area contributed by atoms with Crippen molar-refractivity contribution in [1.29, 1.82) is 0 Å². The van der Waals surface area contributed by atoms with E-state index in [4.69, 9.17) is 0 Å². The molecule has 5 heterocycles. The summed E-state index contributed by atoms with van der Waals surface area (Å²) in [5, 5.41) is 4.95. The second kappa shape index (κ2) is 7.41. The summed E-state index contributed by atoms with van der Waals surface area (Å²) in [6.45, 7) is 6.44. The van der Waals surface area contributed by atoms with Crippen LogP contribution in [-0.2, 0) is 0 Å². The Hall–Kier alpha value is -3.47. The number of fused-ring (bicyclic) bond motifs is 1. The molecule has 1 fully saturated rings. The lowest BCUT2D eigenvalue weighted by molar-refractivity contribution is 0.0750. The molecular formula is C19H19N9OS. The van der Waals surface area contributed by atoms with Crippen molar-refractivity contribution < 1.29 is 4.79 Å². The number of aryl methyl sites for hydroxylation is 2. The molecule has 0 spiro atoms. The van der Waals surface area contributed by atoms with Gasteiger partial charge in [-0.3, -0.25) is 4.79 Å². The Balaban J connectivity index is 1.33. The topological polar surface area (TPSA) is 105 Å². The second-order valence-corrected chi connectivity index (χ2v) is 8.01. The molecule has 4 aromatic heterocycles. The van der Waals surface area contributed by atoms with E-state index in [1.807, 2.05) is 24.8 Å². The van der Waals surface area contributed by atoms with Gasteiger partial charge in [-0.05, 0) is 19.9 Å². The van der Waals surface area contributed by atoms with Crippen LogP contribution in [0.5, 0.6) is 0 Å². The highest BCUT2D eigenvalue weighted by Crippen LogP contribution is 2.27. The fraction of sp³-hybridized carbons (Fsp3) is 0.316. The van der Waals surface area contributed by atoms with Gasteiger partial charge in [0.25, 0.3) is 11.7 Å². The maximum absolute atomic E-state index is 13.1. The minimum atomic E-state index is 0.00337. The molecule has 1 aliphatic rings. The molecule has 10 nitrogen and oxygen atoms in total. The normalized spacial score (nSPS) is 14.5. The van der Waals surface area contributed by atoms with Gasteiger partial charge in [0.1, 0.15) is 17.0 Å². The van der Waals surface area contributed by atoms with Gasteiger partial charge >= 0.3 is 0 Å². The average molecular weight is 421 g/mol. The minimum absolute atomic E-state index is 0.00337. The van der Waals surface area contributed by atoms with E-state index in [2.05, 4.69) is 34.9 Å². The fourth-order valence-electron chi connectivity index (χ4n) is 3.52. The first-order chi connectivity index (χ1) is 14.6. The number of piperazine rings is 1. The summed E-state index contributed by atoms with van der Waals surface area (Å²) >= 11 is 1.34. The molecule has 0 saturated carbocycles. The molecule has 4 aromatic rings. The molecule has 0 N–H and O–H groups in total. The number of carbonyl (C=O) groups excluding carboxylic acids is 1. The first-order valence-electron chi connectivity index (χ1n) is 9.56. The van der Waals surface area contributed by atoms with Gasteiger partial charge in [-0.1, -0.05) is 0 Å². The maximum Gasteiger partial charge on any atom is 0.265 e. The van der Waals surface area contributed by atoms with Crippen molar-refractivity contribution in [2.75, 3.05) is 31.1 Å². The predicted octanol–water partition coefficient (Wildman–Crippen LogP) is 1.62. The highest BCUT2D eigenvalue weighted by Gasteiger charge is 2.27. The van der Waals surface area contributed by atoms with E-state index >= 15 is 0 Å². The zero-order valence-electron chi connectivity index (χ0n) is 16.6. The van der Waals surface area contributed by atoms with Gasteiger partial charge in [-0.25, -0.2) is 19.9 Å². The summed E-state index contributed by atoms with van der Waals surface area (Å²) in [5.74, 6) is 2.07. The summed E-state index contributed by atoms with van der Waals surface area (Å²) < 4.78 is 1.74. The summed E-state index contributed by atoms with van der Waals surface area (Å²) in [7, 11) is 0. The van der Waals surface area contributed by atoms with Crippen molar-refractivity contribution in [2.45, 2.75) is 13.8 Å². The number of carbonyl (C=O) groups is 1. The molecule has 30 heavy (non-hydrogen) atoms. The first-order valence-corrected chi connectivity index (χ1v) is 10.4. The summed E-state index contributed by atoms with van der Waals surface area (Å²) in [6, 6.07) is 3.76. The molecule has 0 aromatic carbocycles. The first kappa shape index (κ1) is 18.6. The molecule has 1 saturated heterocycles. The molecule has 0 radical (unpaired) electrons. The molecule has 1 aliphatic heterocycles. The van der Waals surface area contributed by atoms with Crippen molar-refractivity contribution in [3.05, 3.63) is 47.1 Å². The summed E-state index contributed by atoms with van der Waals surface area (Å²) in [5.41, 5.74) is 1.60. The van der Waals surface area contributed by atoms with Crippen LogP contribution in [0.4, 0.5) is 5.82 Å². The zero-order valence-corrected chi connectivity index (χ0v) is 17.4. The van der Waals surface area contributed by atoms with E-state index in [0.29, 0.717) is 53.4 Å². The molecule has 152 valence electrons. The molecule has 0 aliphatic carbocycles. The smallest absolute Gasteiger partial charge is 0.265 e. The van der Waals surface area contributed by atoms with Crippen molar-refractivity contribution in [2.24, 2.45) is 0 Å². The van der Waals surface area contributed by atoms with E-state index in [9.17, 15) is 4.79 Å². The van der Waals surface area contributed by atoms with Gasteiger partial charge in [0, 0.05) is 50.3 Å². The van der Waals surface area contributed by atoms with E-state index < -0.39 is 0 Å². The van der Waals surface area contributed by atoms with Gasteiger partial charge in [-0.15, -0.1) is 11.3 Å². The second-order valence-electron chi connectivity index (χ2n) is 7.01. The molecule has 0 atom stereocenters. The predicted molar refractivity (Wildman–Crippen MR) is 112 cm³/mol. The van der Waals surface area contributed by atoms with E-state index in [-0.39, 0.29) is 5.91 Å². The van der Waals surface area contributed by atoms with Gasteiger partial charge in [-0.2, -0.15) is 14.6 Å². The highest BCUT2D eigenvalue weighted by atomic mass is 32.1. The molecule has 11 heteroatoms. The molecular weight excluding hydrogens is 402 g/mol. The van der Waals surface area contributed by atoms with Crippen LogP contribution in [0.15, 0.2) is 30.9 Å². The Morgan fingerprint density at radius 2 is 1.80 bits per heavy atom. The number of hydrogen-bond donors (Lipinski definition) is 0. The number of amides is 1. The Bertz CT molecular complexity index is 1210. The van der Waals surface area contributed by atoms with Crippen molar-refractivity contribution >= 4 is 28.8 Å². The Kier molecular flexibility index (Phi) is 4.58. The minimum Gasteiger partial charge on any atom is -0.353 e. The number of aromatic nitrogens is 7. The third kappa shape index (κ3) is 3.26. The van der Waals surface area contributed by atoms with Crippen molar-refractivity contribution in [3.63, 3.8) is 0 Å². The summed E-state index contributed by atoms with van der Waals surface area (Å²) in [4.78, 5) is 39.4. The number of thiazole rings is 1. The van der Waals surface area contributed by atoms with Crippen LogP contribution in [-0.4, -0.2) is 71.5 Å². The van der Waals surface area contributed by atoms with Crippen LogP contribution in [0.25, 0.3) is 16.6 Å². The number of hydrogen-bond acceptors (Lipinski definition) is 9. The number of rotatable bonds is 3. The van der Waals surface area contributed by atoms with Crippen LogP contribution >= 0.6 is 11.3 Å². The zero-order chi connectivity index (χ0) is 20.7. The fourth-order valence-corrected chi connectivity index (χ4v) is 4.50. The van der Waals surface area contributed by atoms with Crippen LogP contribution < -0.4 is 4.90 Å². The molecule has 0 unspecified atom stereocenters. The maximum atomic E-state index is 13.1. The SMILES string of the molecule is Cc1cc(N2CCN(C(=O)c3sc(-c4ncccn4)nc3C)CC2)n2ncnc2n1. The lowest BCUT2D eigenvalue weighted by atomic mass is 10.2. The Labute approximate surface area is 176 Å². The van der Waals surface area contributed by atoms with Crippen LogP contribution in [0.2, 0.25) is 0 Å². The third-order valence-corrected chi connectivity index (χ3v) is 6.14. The standard InChI is InChI=1S/C19H19N9OS/c1-12-10-14(28-19(24-12)22-11-23-28)26-6-8-27(9-7-26)18(29)15-13(2)25-17(30-15)16-20-4-3-5-21-16/h3-5,10-11H,6-9H2,1-2H3.